The van der Waals surface area contributed by atoms with Crippen molar-refractivity contribution in [3.63, 3.8) is 0 Å². The van der Waals surface area contributed by atoms with E-state index in [1.54, 1.807) is 54.9 Å². The van der Waals surface area contributed by atoms with Crippen LogP contribution in [-0.2, 0) is 4.74 Å². The minimum absolute atomic E-state index is 0.301. The number of aromatic nitrogens is 3. The average Bonchev–Trinajstić information content (AvgIpc) is 3.55. The molecule has 0 fully saturated rings. The van der Waals surface area contributed by atoms with Crippen LogP contribution in [0.2, 0.25) is 0 Å². The van der Waals surface area contributed by atoms with Crippen LogP contribution in [-0.4, -0.2) is 32.4 Å². The Bertz CT molecular complexity index is 1550. The molecule has 0 aliphatic rings. The van der Waals surface area contributed by atoms with Gasteiger partial charge in [-0.15, -0.1) is 0 Å². The summed E-state index contributed by atoms with van der Waals surface area (Å²) < 4.78 is 10.8. The number of nitrogens with zero attached hydrogens (tertiary/aromatic N) is 2. The van der Waals surface area contributed by atoms with Gasteiger partial charge in [0.15, 0.2) is 5.76 Å². The number of H-pyrrole nitrogens is 1. The van der Waals surface area contributed by atoms with Crippen molar-refractivity contribution in [3.8, 4) is 22.7 Å². The summed E-state index contributed by atoms with van der Waals surface area (Å²) in [7, 11) is 0. The van der Waals surface area contributed by atoms with Crippen LogP contribution in [0, 0.1) is 0 Å². The van der Waals surface area contributed by atoms with Crippen LogP contribution in [0.1, 0.15) is 41.5 Å². The molecule has 8 nitrogen and oxygen atoms in total. The third-order valence-electron chi connectivity index (χ3n) is 5.37. The van der Waals surface area contributed by atoms with E-state index in [1.807, 2.05) is 45.0 Å². The smallest absolute Gasteiger partial charge is 0.338 e. The summed E-state index contributed by atoms with van der Waals surface area (Å²) in [6, 6.07) is 19.7. The van der Waals surface area contributed by atoms with Crippen molar-refractivity contribution in [1.29, 1.82) is 0 Å². The molecule has 0 saturated heterocycles. The van der Waals surface area contributed by atoms with Crippen molar-refractivity contribution in [2.24, 2.45) is 0 Å². The maximum atomic E-state index is 13.3. The summed E-state index contributed by atoms with van der Waals surface area (Å²) >= 11 is 0. The number of esters is 1. The molecule has 0 atom stereocenters. The Labute approximate surface area is 207 Å². The highest BCUT2D eigenvalue weighted by molar-refractivity contribution is 6.12. The van der Waals surface area contributed by atoms with Crippen molar-refractivity contribution in [2.75, 3.05) is 5.32 Å². The Hall–Kier alpha value is -4.72. The number of para-hydroxylation sites is 1. The molecule has 0 spiro atoms. The first kappa shape index (κ1) is 23.0. The zero-order chi connectivity index (χ0) is 25.3. The number of pyridine rings is 1. The van der Waals surface area contributed by atoms with Crippen molar-refractivity contribution in [3.05, 3.63) is 90.3 Å². The Morgan fingerprint density at radius 1 is 1.00 bits per heavy atom. The van der Waals surface area contributed by atoms with Gasteiger partial charge < -0.3 is 14.1 Å². The number of carbonyl (C=O) groups is 2. The number of aromatic amines is 1. The number of rotatable bonds is 5. The minimum Gasteiger partial charge on any atom is -0.463 e. The maximum Gasteiger partial charge on any atom is 0.338 e. The minimum atomic E-state index is -0.579. The number of furan rings is 1. The zero-order valence-corrected chi connectivity index (χ0v) is 20.0. The van der Waals surface area contributed by atoms with Crippen LogP contribution in [0.15, 0.2) is 83.6 Å². The van der Waals surface area contributed by atoms with Crippen LogP contribution >= 0.6 is 0 Å². The number of amides is 1. The lowest BCUT2D eigenvalue weighted by atomic mass is 10.0. The standard InChI is InChI=1S/C28H24N4O4/c1-28(2,3)36-26(34)18-12-10-17(11-13-18)22-15-20(19-7-4-5-8-21(19)30-22)25(33)32-27-29-16-23(31-27)24-9-6-14-35-24/h4-16H,1-3H3,(H2,29,31,32,33). The summed E-state index contributed by atoms with van der Waals surface area (Å²) in [4.78, 5) is 37.7. The number of imidazole rings is 1. The highest BCUT2D eigenvalue weighted by Crippen LogP contribution is 2.27. The first-order chi connectivity index (χ1) is 17.3. The highest BCUT2D eigenvalue weighted by Gasteiger charge is 2.19. The van der Waals surface area contributed by atoms with Gasteiger partial charge in [-0.25, -0.2) is 14.8 Å². The van der Waals surface area contributed by atoms with E-state index >= 15 is 0 Å². The van der Waals surface area contributed by atoms with Crippen LogP contribution in [0.25, 0.3) is 33.6 Å². The lowest BCUT2D eigenvalue weighted by Crippen LogP contribution is -2.23. The highest BCUT2D eigenvalue weighted by atomic mass is 16.6. The Morgan fingerprint density at radius 2 is 1.78 bits per heavy atom. The molecule has 0 aliphatic heterocycles. The van der Waals surface area contributed by atoms with E-state index < -0.39 is 11.6 Å². The van der Waals surface area contributed by atoms with Gasteiger partial charge in [-0.3, -0.25) is 10.1 Å². The molecular formula is C28H24N4O4. The molecule has 2 aromatic carbocycles. The fourth-order valence-corrected chi connectivity index (χ4v) is 3.74. The van der Waals surface area contributed by atoms with Gasteiger partial charge in [-0.1, -0.05) is 30.3 Å². The van der Waals surface area contributed by atoms with Crippen molar-refractivity contribution in [1.82, 2.24) is 15.0 Å². The first-order valence-electron chi connectivity index (χ1n) is 11.4. The molecule has 8 heteroatoms. The number of benzene rings is 2. The Balaban J connectivity index is 1.45. The second kappa shape index (κ2) is 9.14. The molecule has 180 valence electrons. The normalized spacial score (nSPS) is 11.4. The van der Waals surface area contributed by atoms with Crippen LogP contribution in [0.3, 0.4) is 0 Å². The monoisotopic (exact) mass is 480 g/mol. The van der Waals surface area contributed by atoms with Gasteiger partial charge >= 0.3 is 5.97 Å². The number of nitrogens with one attached hydrogen (secondary N) is 2. The predicted octanol–water partition coefficient (Wildman–Crippen LogP) is 6.09. The Kier molecular flexibility index (Phi) is 5.85. The van der Waals surface area contributed by atoms with Gasteiger partial charge in [-0.2, -0.15) is 0 Å². The molecule has 1 amide bonds. The fraction of sp³-hybridized carbons (Fsp3) is 0.143. The molecule has 3 aromatic heterocycles. The molecule has 0 radical (unpaired) electrons. The van der Waals surface area contributed by atoms with Gasteiger partial charge in [0.1, 0.15) is 11.3 Å². The third kappa shape index (κ3) is 4.88. The number of hydrogen-bond acceptors (Lipinski definition) is 6. The van der Waals surface area contributed by atoms with Crippen LogP contribution in [0.5, 0.6) is 0 Å². The van der Waals surface area contributed by atoms with Crippen LogP contribution in [0.4, 0.5) is 5.95 Å². The van der Waals surface area contributed by atoms with Crippen LogP contribution < -0.4 is 5.32 Å². The first-order valence-corrected chi connectivity index (χ1v) is 11.4. The zero-order valence-electron chi connectivity index (χ0n) is 20.0. The number of anilines is 1. The summed E-state index contributed by atoms with van der Waals surface area (Å²) in [6.07, 6.45) is 3.16. The molecule has 0 unspecified atom stereocenters. The molecule has 0 aliphatic carbocycles. The van der Waals surface area contributed by atoms with Crippen molar-refractivity contribution < 1.29 is 18.7 Å². The fourth-order valence-electron chi connectivity index (χ4n) is 3.74. The molecule has 0 bridgehead atoms. The predicted molar refractivity (Wildman–Crippen MR) is 137 cm³/mol. The maximum absolute atomic E-state index is 13.3. The number of carbonyl (C=O) groups excluding carboxylic acids is 2. The van der Waals surface area contributed by atoms with Gasteiger partial charge in [0.25, 0.3) is 5.91 Å². The second-order valence-electron chi connectivity index (χ2n) is 9.23. The van der Waals surface area contributed by atoms with Gasteiger partial charge in [0, 0.05) is 10.9 Å². The largest absolute Gasteiger partial charge is 0.463 e. The van der Waals surface area contributed by atoms with Gasteiger partial charge in [0.05, 0.1) is 34.8 Å². The molecule has 0 saturated carbocycles. The summed E-state index contributed by atoms with van der Waals surface area (Å²) in [5, 5.41) is 3.53. The van der Waals surface area contributed by atoms with E-state index in [2.05, 4.69) is 15.3 Å². The summed E-state index contributed by atoms with van der Waals surface area (Å²) in [5.74, 6) is 0.193. The quantitative estimate of drug-likeness (QED) is 0.295. The van der Waals surface area contributed by atoms with E-state index in [9.17, 15) is 9.59 Å². The topological polar surface area (TPSA) is 110 Å². The van der Waals surface area contributed by atoms with E-state index in [4.69, 9.17) is 14.1 Å². The summed E-state index contributed by atoms with van der Waals surface area (Å²) in [5.41, 5.74) is 3.00. The number of ether oxygens (including phenoxy) is 1. The SMILES string of the molecule is CC(C)(C)OC(=O)c1ccc(-c2cc(C(=O)Nc3ncc(-c4ccco4)[nH]3)c3ccccc3n2)cc1. The summed E-state index contributed by atoms with van der Waals surface area (Å²) in [6.45, 7) is 5.47. The van der Waals surface area contributed by atoms with E-state index in [0.29, 0.717) is 45.1 Å². The second-order valence-corrected chi connectivity index (χ2v) is 9.23. The lowest BCUT2D eigenvalue weighted by molar-refractivity contribution is 0.00694. The molecule has 36 heavy (non-hydrogen) atoms. The van der Waals surface area contributed by atoms with Gasteiger partial charge in [-0.05, 0) is 57.2 Å². The van der Waals surface area contributed by atoms with Crippen molar-refractivity contribution in [2.45, 2.75) is 26.4 Å². The average molecular weight is 481 g/mol. The number of fused-ring (bicyclic) bond motifs is 1. The molecule has 2 N–H and O–H groups in total. The molecule has 5 rings (SSSR count). The van der Waals surface area contributed by atoms with Crippen molar-refractivity contribution >= 4 is 28.7 Å². The Morgan fingerprint density at radius 3 is 2.50 bits per heavy atom. The van der Waals surface area contributed by atoms with E-state index in [1.165, 1.54) is 0 Å². The third-order valence-corrected chi connectivity index (χ3v) is 5.37. The number of hydrogen-bond donors (Lipinski definition) is 2. The van der Waals surface area contributed by atoms with E-state index in [0.717, 1.165) is 5.56 Å². The van der Waals surface area contributed by atoms with Gasteiger partial charge in [0.2, 0.25) is 5.95 Å². The molecular weight excluding hydrogens is 456 g/mol. The molecule has 3 heterocycles. The lowest BCUT2D eigenvalue weighted by Gasteiger charge is -2.19. The molecule has 5 aromatic rings. The van der Waals surface area contributed by atoms with E-state index in [-0.39, 0.29) is 5.91 Å².